The van der Waals surface area contributed by atoms with Crippen molar-refractivity contribution in [2.45, 2.75) is 26.3 Å². The van der Waals surface area contributed by atoms with Gasteiger partial charge in [-0.25, -0.2) is 9.07 Å². The summed E-state index contributed by atoms with van der Waals surface area (Å²) < 4.78 is 25.7. The van der Waals surface area contributed by atoms with Crippen molar-refractivity contribution in [1.82, 2.24) is 20.4 Å². The van der Waals surface area contributed by atoms with Crippen molar-refractivity contribution in [2.24, 2.45) is 4.99 Å². The lowest BCUT2D eigenvalue weighted by atomic mass is 10.1. The van der Waals surface area contributed by atoms with Crippen LogP contribution < -0.4 is 20.1 Å². The van der Waals surface area contributed by atoms with E-state index in [1.54, 1.807) is 31.0 Å². The van der Waals surface area contributed by atoms with Gasteiger partial charge in [0.2, 0.25) is 0 Å². The zero-order chi connectivity index (χ0) is 22.9. The van der Waals surface area contributed by atoms with E-state index in [1.165, 1.54) is 12.1 Å². The fourth-order valence-corrected chi connectivity index (χ4v) is 3.30. The number of aromatic nitrogens is 2. The van der Waals surface area contributed by atoms with Gasteiger partial charge in [-0.05, 0) is 62.4 Å². The lowest BCUT2D eigenvalue weighted by Gasteiger charge is -2.20. The molecule has 2 aromatic carbocycles. The number of ether oxygens (including phenoxy) is 2. The molecular weight excluding hydrogens is 536 g/mol. The molecule has 0 saturated carbocycles. The molecule has 1 atom stereocenters. The summed E-state index contributed by atoms with van der Waals surface area (Å²) in [6.07, 6.45) is 2.55. The van der Waals surface area contributed by atoms with Gasteiger partial charge in [0.1, 0.15) is 17.3 Å². The predicted molar refractivity (Wildman–Crippen MR) is 140 cm³/mol. The van der Waals surface area contributed by atoms with E-state index in [-0.39, 0.29) is 35.8 Å². The molecule has 0 aliphatic rings. The zero-order valence-corrected chi connectivity index (χ0v) is 21.7. The third-order valence-electron chi connectivity index (χ3n) is 4.97. The van der Waals surface area contributed by atoms with Crippen LogP contribution in [0.25, 0.3) is 5.69 Å². The summed E-state index contributed by atoms with van der Waals surface area (Å²) in [6, 6.07) is 13.9. The quantitative estimate of drug-likeness (QED) is 0.226. The highest BCUT2D eigenvalue weighted by molar-refractivity contribution is 14.0. The molecule has 33 heavy (non-hydrogen) atoms. The second kappa shape index (κ2) is 13.0. The van der Waals surface area contributed by atoms with Crippen LogP contribution in [0.5, 0.6) is 11.5 Å². The molecule has 3 aromatic rings. The van der Waals surface area contributed by atoms with Gasteiger partial charge >= 0.3 is 0 Å². The average molecular weight is 567 g/mol. The van der Waals surface area contributed by atoms with Crippen LogP contribution in [0.3, 0.4) is 0 Å². The number of hydrogen-bond donors (Lipinski definition) is 2. The zero-order valence-electron chi connectivity index (χ0n) is 19.3. The van der Waals surface area contributed by atoms with Crippen molar-refractivity contribution >= 4 is 29.9 Å². The highest BCUT2D eigenvalue weighted by Crippen LogP contribution is 2.29. The average Bonchev–Trinajstić information content (AvgIpc) is 3.28. The van der Waals surface area contributed by atoms with Crippen molar-refractivity contribution in [3.8, 4) is 17.2 Å². The van der Waals surface area contributed by atoms with Crippen molar-refractivity contribution in [3.05, 3.63) is 71.8 Å². The molecule has 7 nitrogen and oxygen atoms in total. The topological polar surface area (TPSA) is 72.7 Å². The van der Waals surface area contributed by atoms with Crippen LogP contribution >= 0.6 is 24.0 Å². The first-order valence-corrected chi connectivity index (χ1v) is 10.6. The van der Waals surface area contributed by atoms with Crippen molar-refractivity contribution in [1.29, 1.82) is 0 Å². The lowest BCUT2D eigenvalue weighted by Crippen LogP contribution is -2.39. The Bertz CT molecular complexity index is 1040. The number of halogens is 2. The second-order valence-corrected chi connectivity index (χ2v) is 7.21. The fraction of sp³-hybridized carbons (Fsp3) is 0.333. The molecule has 0 saturated heterocycles. The molecule has 0 aliphatic heterocycles. The van der Waals surface area contributed by atoms with Gasteiger partial charge in [-0.3, -0.25) is 4.99 Å². The molecule has 9 heteroatoms. The highest BCUT2D eigenvalue weighted by atomic mass is 127. The van der Waals surface area contributed by atoms with E-state index < -0.39 is 0 Å². The van der Waals surface area contributed by atoms with Gasteiger partial charge in [-0.1, -0.05) is 0 Å². The normalized spacial score (nSPS) is 12.0. The monoisotopic (exact) mass is 567 g/mol. The summed E-state index contributed by atoms with van der Waals surface area (Å²) in [5.74, 6) is 2.00. The molecule has 0 amide bonds. The SMILES string of the molecule is CCNC(=NCCc1ccn(-c2ccc(F)cc2)n1)NC(C)c1cc(OC)ccc1OC.I. The Hall–Kier alpha value is -2.82. The molecule has 0 spiro atoms. The first-order valence-electron chi connectivity index (χ1n) is 10.6. The molecule has 2 N–H and O–H groups in total. The minimum absolute atomic E-state index is 0. The van der Waals surface area contributed by atoms with E-state index in [1.807, 2.05) is 37.4 Å². The molecule has 178 valence electrons. The molecule has 0 radical (unpaired) electrons. The third-order valence-corrected chi connectivity index (χ3v) is 4.97. The Kier molecular flexibility index (Phi) is 10.4. The number of benzene rings is 2. The Balaban J connectivity index is 0.00000385. The molecular formula is C24H31FIN5O2. The van der Waals surface area contributed by atoms with Crippen LogP contribution in [-0.2, 0) is 6.42 Å². The van der Waals surface area contributed by atoms with Gasteiger partial charge in [-0.15, -0.1) is 24.0 Å². The molecule has 1 heterocycles. The maximum atomic E-state index is 13.1. The maximum absolute atomic E-state index is 13.1. The van der Waals surface area contributed by atoms with E-state index in [2.05, 4.69) is 27.6 Å². The van der Waals surface area contributed by atoms with Crippen molar-refractivity contribution in [3.63, 3.8) is 0 Å². The number of guanidine groups is 1. The summed E-state index contributed by atoms with van der Waals surface area (Å²) in [4.78, 5) is 4.69. The lowest BCUT2D eigenvalue weighted by molar-refractivity contribution is 0.394. The van der Waals surface area contributed by atoms with E-state index >= 15 is 0 Å². The molecule has 1 aromatic heterocycles. The van der Waals surface area contributed by atoms with Crippen molar-refractivity contribution < 1.29 is 13.9 Å². The van der Waals surface area contributed by atoms with Crippen LogP contribution in [0.1, 0.15) is 31.1 Å². The molecule has 0 bridgehead atoms. The highest BCUT2D eigenvalue weighted by Gasteiger charge is 2.14. The van der Waals surface area contributed by atoms with Crippen LogP contribution in [0.4, 0.5) is 4.39 Å². The number of rotatable bonds is 9. The van der Waals surface area contributed by atoms with Gasteiger partial charge in [0.05, 0.1) is 31.6 Å². The summed E-state index contributed by atoms with van der Waals surface area (Å²) >= 11 is 0. The molecule has 0 aliphatic carbocycles. The van der Waals surface area contributed by atoms with Crippen molar-refractivity contribution in [2.75, 3.05) is 27.3 Å². The number of hydrogen-bond acceptors (Lipinski definition) is 4. The number of aliphatic imine (C=N–C) groups is 1. The van der Waals surface area contributed by atoms with Gasteiger partial charge in [-0.2, -0.15) is 5.10 Å². The summed E-state index contributed by atoms with van der Waals surface area (Å²) in [6.45, 7) is 5.39. The van der Waals surface area contributed by atoms with Crippen LogP contribution in [0, 0.1) is 5.82 Å². The van der Waals surface area contributed by atoms with Gasteiger partial charge in [0.25, 0.3) is 0 Å². The first-order chi connectivity index (χ1) is 15.5. The fourth-order valence-electron chi connectivity index (χ4n) is 3.30. The largest absolute Gasteiger partial charge is 0.497 e. The van der Waals surface area contributed by atoms with E-state index in [0.29, 0.717) is 18.9 Å². The van der Waals surface area contributed by atoms with E-state index in [9.17, 15) is 4.39 Å². The van der Waals surface area contributed by atoms with E-state index in [0.717, 1.165) is 35.0 Å². The van der Waals surface area contributed by atoms with Crippen LogP contribution in [-0.4, -0.2) is 43.0 Å². The number of nitrogens with one attached hydrogen (secondary N) is 2. The Morgan fingerprint density at radius 1 is 1.12 bits per heavy atom. The van der Waals surface area contributed by atoms with Gasteiger partial charge in [0.15, 0.2) is 5.96 Å². The predicted octanol–water partition coefficient (Wildman–Crippen LogP) is 4.51. The smallest absolute Gasteiger partial charge is 0.191 e. The first kappa shape index (κ1) is 26.4. The standard InChI is InChI=1S/C24H30FN5O2.HI/c1-5-26-24(28-17(2)22-16-21(31-3)10-11-23(22)32-4)27-14-12-19-13-15-30(29-19)20-8-6-18(25)7-9-20;/h6-11,13,15-17H,5,12,14H2,1-4H3,(H2,26,27,28);1H. The maximum Gasteiger partial charge on any atom is 0.191 e. The Morgan fingerprint density at radius 3 is 2.55 bits per heavy atom. The number of nitrogens with zero attached hydrogens (tertiary/aromatic N) is 3. The van der Waals surface area contributed by atoms with Crippen LogP contribution in [0.2, 0.25) is 0 Å². The second-order valence-electron chi connectivity index (χ2n) is 7.21. The molecule has 0 fully saturated rings. The molecule has 1 unspecified atom stereocenters. The Labute approximate surface area is 211 Å². The minimum Gasteiger partial charge on any atom is -0.497 e. The number of methoxy groups -OCH3 is 2. The summed E-state index contributed by atoms with van der Waals surface area (Å²) in [7, 11) is 3.30. The van der Waals surface area contributed by atoms with Gasteiger partial charge < -0.3 is 20.1 Å². The van der Waals surface area contributed by atoms with Crippen LogP contribution in [0.15, 0.2) is 59.7 Å². The molecule has 3 rings (SSSR count). The summed E-state index contributed by atoms with van der Waals surface area (Å²) in [5, 5.41) is 11.3. The van der Waals surface area contributed by atoms with E-state index in [4.69, 9.17) is 9.47 Å². The third kappa shape index (κ3) is 7.34. The van der Waals surface area contributed by atoms with Gasteiger partial charge in [0, 0.05) is 31.3 Å². The Morgan fingerprint density at radius 2 is 1.88 bits per heavy atom. The minimum atomic E-state index is -0.264. The summed E-state index contributed by atoms with van der Waals surface area (Å²) in [5.41, 5.74) is 2.71.